The van der Waals surface area contributed by atoms with Crippen molar-refractivity contribution in [3.63, 3.8) is 0 Å². The summed E-state index contributed by atoms with van der Waals surface area (Å²) in [6, 6.07) is 0. The smallest absolute Gasteiger partial charge is 0.220 e. The molecule has 21 heavy (non-hydrogen) atoms. The predicted octanol–water partition coefficient (Wildman–Crippen LogP) is 0.362. The van der Waals surface area contributed by atoms with Crippen molar-refractivity contribution in [2.45, 2.75) is 19.3 Å². The normalized spacial score (nSPS) is 9.76. The molecule has 0 aliphatic heterocycles. The van der Waals surface area contributed by atoms with Crippen LogP contribution in [0.4, 0.5) is 0 Å². The van der Waals surface area contributed by atoms with E-state index in [4.69, 9.17) is 15.0 Å². The third kappa shape index (κ3) is 14.4. The summed E-state index contributed by atoms with van der Waals surface area (Å²) in [4.78, 5) is 24.9. The molecule has 0 unspecified atom stereocenters. The van der Waals surface area contributed by atoms with Crippen molar-refractivity contribution in [3.8, 4) is 0 Å². The second-order valence-electron chi connectivity index (χ2n) is 4.06. The number of nitrogens with one attached hydrogen (secondary N) is 2. The highest BCUT2D eigenvalue weighted by molar-refractivity contribution is 5.78. The van der Waals surface area contributed by atoms with Crippen LogP contribution in [0, 0.1) is 0 Å². The Bertz CT molecular complexity index is 345. The molecule has 0 saturated heterocycles. The number of rotatable bonds is 13. The fraction of sp³-hybridized carbons (Fsp3) is 0.833. The molecule has 0 saturated carbocycles. The van der Waals surface area contributed by atoms with E-state index >= 15 is 0 Å². The molecular weight excluding hydrogens is 278 g/mol. The minimum atomic E-state index is -0.0897. The van der Waals surface area contributed by atoms with Crippen molar-refractivity contribution in [1.29, 1.82) is 0 Å². The quantitative estimate of drug-likeness (QED) is 0.220. The van der Waals surface area contributed by atoms with Crippen LogP contribution >= 0.6 is 0 Å². The van der Waals surface area contributed by atoms with E-state index in [1.807, 2.05) is 0 Å². The SMILES string of the molecule is CNC(=O)CCCC(=O)NCCOCCOCCN=[N+]=[N-]. The van der Waals surface area contributed by atoms with Crippen LogP contribution in [0.2, 0.25) is 0 Å². The largest absolute Gasteiger partial charge is 0.379 e. The van der Waals surface area contributed by atoms with Gasteiger partial charge in [0.25, 0.3) is 0 Å². The van der Waals surface area contributed by atoms with Gasteiger partial charge in [0.2, 0.25) is 11.8 Å². The summed E-state index contributed by atoms with van der Waals surface area (Å²) in [5, 5.41) is 8.52. The third-order valence-corrected chi connectivity index (χ3v) is 2.43. The molecular formula is C12H23N5O4. The number of hydrogen-bond donors (Lipinski definition) is 2. The Kier molecular flexibility index (Phi) is 13.3. The van der Waals surface area contributed by atoms with Gasteiger partial charge in [0.1, 0.15) is 0 Å². The summed E-state index contributed by atoms with van der Waals surface area (Å²) < 4.78 is 10.4. The molecule has 0 rings (SSSR count). The Morgan fingerprint density at radius 3 is 2.43 bits per heavy atom. The van der Waals surface area contributed by atoms with Gasteiger partial charge in [0, 0.05) is 37.9 Å². The highest BCUT2D eigenvalue weighted by Crippen LogP contribution is 1.94. The van der Waals surface area contributed by atoms with Gasteiger partial charge in [-0.3, -0.25) is 9.59 Å². The van der Waals surface area contributed by atoms with Gasteiger partial charge < -0.3 is 20.1 Å². The molecule has 0 radical (unpaired) electrons. The lowest BCUT2D eigenvalue weighted by Gasteiger charge is -2.06. The second-order valence-corrected chi connectivity index (χ2v) is 4.06. The number of ether oxygens (including phenoxy) is 2. The van der Waals surface area contributed by atoms with Crippen LogP contribution in [0.15, 0.2) is 5.11 Å². The van der Waals surface area contributed by atoms with Crippen LogP contribution in [0.25, 0.3) is 10.4 Å². The van der Waals surface area contributed by atoms with Crippen LogP contribution in [-0.2, 0) is 19.1 Å². The molecule has 0 aliphatic carbocycles. The third-order valence-electron chi connectivity index (χ3n) is 2.43. The highest BCUT2D eigenvalue weighted by Gasteiger charge is 2.03. The lowest BCUT2D eigenvalue weighted by atomic mass is 10.2. The van der Waals surface area contributed by atoms with E-state index in [2.05, 4.69) is 20.7 Å². The first-order chi connectivity index (χ1) is 10.2. The summed E-state index contributed by atoms with van der Waals surface area (Å²) in [6.07, 6.45) is 1.22. The maximum absolute atomic E-state index is 11.4. The molecule has 0 aromatic heterocycles. The van der Waals surface area contributed by atoms with Gasteiger partial charge in [-0.05, 0) is 12.0 Å². The molecule has 120 valence electrons. The first kappa shape index (κ1) is 19.2. The van der Waals surface area contributed by atoms with Crippen molar-refractivity contribution >= 4 is 11.8 Å². The molecule has 0 atom stereocenters. The van der Waals surface area contributed by atoms with Crippen molar-refractivity contribution in [2.75, 3.05) is 46.6 Å². The van der Waals surface area contributed by atoms with Crippen LogP contribution < -0.4 is 10.6 Å². The average molecular weight is 301 g/mol. The maximum Gasteiger partial charge on any atom is 0.220 e. The standard InChI is InChI=1S/C12H23N5O4/c1-14-11(18)3-2-4-12(19)15-5-7-20-9-10-21-8-6-16-17-13/h2-10H2,1H3,(H,14,18)(H,15,19). The fourth-order valence-electron chi connectivity index (χ4n) is 1.36. The van der Waals surface area contributed by atoms with Crippen molar-refractivity contribution in [3.05, 3.63) is 10.4 Å². The molecule has 2 amide bonds. The Morgan fingerprint density at radius 1 is 1.10 bits per heavy atom. The summed E-state index contributed by atoms with van der Waals surface area (Å²) in [6.45, 7) is 2.35. The fourth-order valence-corrected chi connectivity index (χ4v) is 1.36. The van der Waals surface area contributed by atoms with E-state index < -0.39 is 0 Å². The van der Waals surface area contributed by atoms with E-state index in [0.29, 0.717) is 58.8 Å². The zero-order valence-corrected chi connectivity index (χ0v) is 12.3. The van der Waals surface area contributed by atoms with E-state index in [0.717, 1.165) is 0 Å². The van der Waals surface area contributed by atoms with Crippen molar-refractivity contribution < 1.29 is 19.1 Å². The number of azide groups is 1. The van der Waals surface area contributed by atoms with Crippen LogP contribution in [0.5, 0.6) is 0 Å². The number of amides is 2. The van der Waals surface area contributed by atoms with Gasteiger partial charge in [0.15, 0.2) is 0 Å². The van der Waals surface area contributed by atoms with Gasteiger partial charge in [-0.15, -0.1) is 0 Å². The Hall–Kier alpha value is -1.83. The van der Waals surface area contributed by atoms with Gasteiger partial charge in [0.05, 0.1) is 26.4 Å². The summed E-state index contributed by atoms with van der Waals surface area (Å²) in [5.41, 5.74) is 8.03. The summed E-state index contributed by atoms with van der Waals surface area (Å²) in [5.74, 6) is -0.153. The average Bonchev–Trinajstić information content (AvgIpc) is 2.49. The Morgan fingerprint density at radius 2 is 1.76 bits per heavy atom. The second kappa shape index (κ2) is 14.6. The number of carbonyl (C=O) groups is 2. The van der Waals surface area contributed by atoms with Gasteiger partial charge in [-0.2, -0.15) is 0 Å². The van der Waals surface area contributed by atoms with Crippen LogP contribution in [-0.4, -0.2) is 58.4 Å². The lowest BCUT2D eigenvalue weighted by Crippen LogP contribution is -2.28. The molecule has 0 fully saturated rings. The molecule has 9 nitrogen and oxygen atoms in total. The lowest BCUT2D eigenvalue weighted by molar-refractivity contribution is -0.122. The molecule has 9 heteroatoms. The first-order valence-electron chi connectivity index (χ1n) is 6.84. The summed E-state index contributed by atoms with van der Waals surface area (Å²) in [7, 11) is 1.57. The highest BCUT2D eigenvalue weighted by atomic mass is 16.5. The van der Waals surface area contributed by atoms with E-state index in [-0.39, 0.29) is 11.8 Å². The number of carbonyl (C=O) groups excluding carboxylic acids is 2. The Labute approximate surface area is 124 Å². The van der Waals surface area contributed by atoms with Gasteiger partial charge >= 0.3 is 0 Å². The molecule has 0 heterocycles. The predicted molar refractivity (Wildman–Crippen MR) is 76.6 cm³/mol. The molecule has 0 spiro atoms. The van der Waals surface area contributed by atoms with E-state index in [1.165, 1.54) is 0 Å². The minimum Gasteiger partial charge on any atom is -0.379 e. The first-order valence-corrected chi connectivity index (χ1v) is 6.84. The number of nitrogens with zero attached hydrogens (tertiary/aromatic N) is 3. The molecule has 0 bridgehead atoms. The van der Waals surface area contributed by atoms with E-state index in [9.17, 15) is 9.59 Å². The molecule has 0 aliphatic rings. The molecule has 0 aromatic rings. The summed E-state index contributed by atoms with van der Waals surface area (Å²) >= 11 is 0. The monoisotopic (exact) mass is 301 g/mol. The number of hydrogen-bond acceptors (Lipinski definition) is 5. The maximum atomic E-state index is 11.4. The van der Waals surface area contributed by atoms with Crippen LogP contribution in [0.1, 0.15) is 19.3 Å². The van der Waals surface area contributed by atoms with Gasteiger partial charge in [-0.1, -0.05) is 5.11 Å². The van der Waals surface area contributed by atoms with Crippen LogP contribution in [0.3, 0.4) is 0 Å². The van der Waals surface area contributed by atoms with Crippen molar-refractivity contribution in [1.82, 2.24) is 10.6 Å². The molecule has 0 aromatic carbocycles. The van der Waals surface area contributed by atoms with E-state index in [1.54, 1.807) is 7.05 Å². The topological polar surface area (TPSA) is 125 Å². The van der Waals surface area contributed by atoms with Crippen molar-refractivity contribution in [2.24, 2.45) is 5.11 Å². The van der Waals surface area contributed by atoms with Gasteiger partial charge in [-0.25, -0.2) is 0 Å². The minimum absolute atomic E-state index is 0.0633. The zero-order valence-electron chi connectivity index (χ0n) is 12.3. The Balaban J connectivity index is 3.25. The zero-order chi connectivity index (χ0) is 15.8. The molecule has 2 N–H and O–H groups in total.